The van der Waals surface area contributed by atoms with E-state index in [0.717, 1.165) is 48.2 Å². The van der Waals surface area contributed by atoms with E-state index in [1.54, 1.807) is 6.20 Å². The van der Waals surface area contributed by atoms with Crippen molar-refractivity contribution in [2.45, 2.75) is 45.7 Å². The number of nitrogens with one attached hydrogen (secondary N) is 2. The third-order valence-corrected chi connectivity index (χ3v) is 5.54. The highest BCUT2D eigenvalue weighted by Crippen LogP contribution is 2.32. The number of furan rings is 1. The van der Waals surface area contributed by atoms with E-state index in [0.29, 0.717) is 11.7 Å². The van der Waals surface area contributed by atoms with E-state index in [1.165, 1.54) is 0 Å². The zero-order valence-corrected chi connectivity index (χ0v) is 17.8. The van der Waals surface area contributed by atoms with Crippen LogP contribution in [-0.2, 0) is 0 Å². The summed E-state index contributed by atoms with van der Waals surface area (Å²) in [6.45, 7) is 8.11. The summed E-state index contributed by atoms with van der Waals surface area (Å²) in [4.78, 5) is 12.9. The highest BCUT2D eigenvalue weighted by Gasteiger charge is 2.27. The van der Waals surface area contributed by atoms with Gasteiger partial charge in [-0.3, -0.25) is 4.79 Å². The molecule has 1 saturated heterocycles. The monoisotopic (exact) mass is 417 g/mol. The first-order valence-electron chi connectivity index (χ1n) is 9.96. The van der Waals surface area contributed by atoms with Crippen LogP contribution in [0.2, 0.25) is 0 Å². The summed E-state index contributed by atoms with van der Waals surface area (Å²) in [5.41, 5.74) is 2.25. The first kappa shape index (κ1) is 21.3. The average molecular weight is 418 g/mol. The maximum absolute atomic E-state index is 12.9. The Bertz CT molecular complexity index is 975. The number of nitrogens with zero attached hydrogens (tertiary/aromatic N) is 3. The van der Waals surface area contributed by atoms with E-state index in [2.05, 4.69) is 34.8 Å². The summed E-state index contributed by atoms with van der Waals surface area (Å²) in [5.74, 6) is 0.747. The molecule has 0 radical (unpaired) electrons. The molecule has 0 aliphatic carbocycles. The van der Waals surface area contributed by atoms with Crippen molar-refractivity contribution in [3.63, 3.8) is 0 Å². The summed E-state index contributed by atoms with van der Waals surface area (Å²) in [6, 6.07) is 8.02. The molecule has 1 aliphatic rings. The van der Waals surface area contributed by atoms with Crippen LogP contribution in [0.5, 0.6) is 0 Å². The maximum Gasteiger partial charge on any atom is 0.274 e. The number of aromatic nitrogens is 3. The van der Waals surface area contributed by atoms with Gasteiger partial charge >= 0.3 is 0 Å². The summed E-state index contributed by atoms with van der Waals surface area (Å²) >= 11 is 0. The largest absolute Gasteiger partial charge is 0.459 e. The first-order valence-corrected chi connectivity index (χ1v) is 9.96. The molecule has 7 nitrogen and oxygen atoms in total. The van der Waals surface area contributed by atoms with Gasteiger partial charge in [-0.2, -0.15) is 0 Å². The molecule has 1 atom stereocenters. The maximum atomic E-state index is 12.9. The summed E-state index contributed by atoms with van der Waals surface area (Å²) in [6.07, 6.45) is 3.75. The molecule has 3 aromatic rings. The second kappa shape index (κ2) is 8.97. The molecule has 0 bridgehead atoms. The highest BCUT2D eigenvalue weighted by atomic mass is 35.5. The second-order valence-electron chi connectivity index (χ2n) is 7.85. The molecule has 1 aromatic carbocycles. The van der Waals surface area contributed by atoms with Gasteiger partial charge in [-0.25, -0.2) is 4.68 Å². The van der Waals surface area contributed by atoms with Crippen LogP contribution in [0.3, 0.4) is 0 Å². The van der Waals surface area contributed by atoms with Crippen molar-refractivity contribution in [1.29, 1.82) is 0 Å². The quantitative estimate of drug-likeness (QED) is 0.659. The molecule has 2 N–H and O–H groups in total. The Kier molecular flexibility index (Phi) is 6.59. The molecule has 1 fully saturated rings. The zero-order chi connectivity index (χ0) is 19.7. The molecule has 1 unspecified atom stereocenters. The molecule has 8 heteroatoms. The minimum absolute atomic E-state index is 0. The Morgan fingerprint density at radius 3 is 2.69 bits per heavy atom. The van der Waals surface area contributed by atoms with Crippen molar-refractivity contribution in [2.24, 2.45) is 5.92 Å². The van der Waals surface area contributed by atoms with E-state index >= 15 is 0 Å². The molecule has 4 rings (SSSR count). The lowest BCUT2D eigenvalue weighted by Gasteiger charge is -2.22. The van der Waals surface area contributed by atoms with Crippen molar-refractivity contribution in [3.05, 3.63) is 47.5 Å². The van der Waals surface area contributed by atoms with Crippen LogP contribution in [0.4, 0.5) is 0 Å². The molecule has 156 valence electrons. The number of aryl methyl sites for hydroxylation is 1. The predicted molar refractivity (Wildman–Crippen MR) is 114 cm³/mol. The number of rotatable bonds is 5. The van der Waals surface area contributed by atoms with Gasteiger partial charge in [0.05, 0.1) is 18.3 Å². The standard InChI is InChI=1S/C21H27N5O2.ClH/c1-13(2)19(20-14(3)16-6-4-5-7-18(16)28-20)23-21(27)17-12-26(25-24-17)15-8-10-22-11-9-15;/h4-7,12-13,15,19,22H,8-11H2,1-3H3,(H,23,27);1H. The molecule has 0 spiro atoms. The number of benzene rings is 1. The predicted octanol–water partition coefficient (Wildman–Crippen LogP) is 3.81. The average Bonchev–Trinajstić information content (AvgIpc) is 3.32. The molecular weight excluding hydrogens is 390 g/mol. The van der Waals surface area contributed by atoms with E-state index < -0.39 is 0 Å². The fraction of sp³-hybridized carbons (Fsp3) is 0.476. The van der Waals surface area contributed by atoms with Gasteiger partial charge in [-0.1, -0.05) is 37.3 Å². The SMILES string of the molecule is Cc1c(C(NC(=O)c2cn(C3CCNCC3)nn2)C(C)C)oc2ccccc12.Cl. The Morgan fingerprint density at radius 1 is 1.28 bits per heavy atom. The summed E-state index contributed by atoms with van der Waals surface area (Å²) < 4.78 is 7.92. The minimum atomic E-state index is -0.232. The molecular formula is C21H28ClN5O2. The smallest absolute Gasteiger partial charge is 0.274 e. The number of carbonyl (C=O) groups excluding carboxylic acids is 1. The lowest BCUT2D eigenvalue weighted by Crippen LogP contribution is -2.32. The van der Waals surface area contributed by atoms with Gasteiger partial charge in [0, 0.05) is 10.9 Å². The van der Waals surface area contributed by atoms with Crippen LogP contribution in [0, 0.1) is 12.8 Å². The minimum Gasteiger partial charge on any atom is -0.459 e. The molecule has 3 heterocycles. The van der Waals surface area contributed by atoms with Crippen molar-refractivity contribution >= 4 is 29.3 Å². The van der Waals surface area contributed by atoms with Gasteiger partial charge in [-0.15, -0.1) is 17.5 Å². The lowest BCUT2D eigenvalue weighted by atomic mass is 9.98. The van der Waals surface area contributed by atoms with E-state index in [9.17, 15) is 4.79 Å². The first-order chi connectivity index (χ1) is 13.5. The van der Waals surface area contributed by atoms with Crippen molar-refractivity contribution < 1.29 is 9.21 Å². The third kappa shape index (κ3) is 4.31. The number of fused-ring (bicyclic) bond motifs is 1. The Balaban J connectivity index is 0.00000240. The Morgan fingerprint density at radius 2 is 2.00 bits per heavy atom. The molecule has 29 heavy (non-hydrogen) atoms. The van der Waals surface area contributed by atoms with Crippen LogP contribution in [0.25, 0.3) is 11.0 Å². The van der Waals surface area contributed by atoms with E-state index in [1.807, 2.05) is 35.9 Å². The van der Waals surface area contributed by atoms with Gasteiger partial charge in [0.15, 0.2) is 5.69 Å². The van der Waals surface area contributed by atoms with E-state index in [4.69, 9.17) is 4.42 Å². The second-order valence-corrected chi connectivity index (χ2v) is 7.85. The fourth-order valence-corrected chi connectivity index (χ4v) is 3.87. The topological polar surface area (TPSA) is 85.0 Å². The van der Waals surface area contributed by atoms with Gasteiger partial charge in [-0.05, 0) is 44.8 Å². The van der Waals surface area contributed by atoms with Gasteiger partial charge in [0.25, 0.3) is 5.91 Å². The van der Waals surface area contributed by atoms with Crippen molar-refractivity contribution in [1.82, 2.24) is 25.6 Å². The number of halogens is 1. The third-order valence-electron chi connectivity index (χ3n) is 5.54. The van der Waals surface area contributed by atoms with Crippen molar-refractivity contribution in [3.8, 4) is 0 Å². The summed E-state index contributed by atoms with van der Waals surface area (Å²) in [7, 11) is 0. The van der Waals surface area contributed by atoms with Crippen molar-refractivity contribution in [2.75, 3.05) is 13.1 Å². The number of hydrogen-bond donors (Lipinski definition) is 2. The normalized spacial score (nSPS) is 16.0. The number of piperidine rings is 1. The molecule has 0 saturated carbocycles. The van der Waals surface area contributed by atoms with Gasteiger partial charge in [0.2, 0.25) is 0 Å². The number of para-hydroxylation sites is 1. The van der Waals surface area contributed by atoms with Gasteiger partial charge < -0.3 is 15.1 Å². The zero-order valence-electron chi connectivity index (χ0n) is 17.0. The molecule has 1 amide bonds. The summed E-state index contributed by atoms with van der Waals surface area (Å²) in [5, 5.41) is 15.8. The molecule has 1 aliphatic heterocycles. The highest BCUT2D eigenvalue weighted by molar-refractivity contribution is 5.92. The fourth-order valence-electron chi connectivity index (χ4n) is 3.87. The number of carbonyl (C=O) groups is 1. The lowest BCUT2D eigenvalue weighted by molar-refractivity contribution is 0.0913. The van der Waals surface area contributed by atoms with Crippen LogP contribution in [0.15, 0.2) is 34.9 Å². The van der Waals surface area contributed by atoms with E-state index in [-0.39, 0.29) is 30.3 Å². The Hall–Kier alpha value is -2.38. The van der Waals surface area contributed by atoms with Gasteiger partial charge in [0.1, 0.15) is 11.3 Å². The Labute approximate surface area is 176 Å². The van der Waals surface area contributed by atoms with Crippen LogP contribution >= 0.6 is 12.4 Å². The van der Waals surface area contributed by atoms with Crippen LogP contribution < -0.4 is 10.6 Å². The molecule has 2 aromatic heterocycles. The van der Waals surface area contributed by atoms with Crippen LogP contribution in [0.1, 0.15) is 60.6 Å². The van der Waals surface area contributed by atoms with Crippen LogP contribution in [-0.4, -0.2) is 34.0 Å². The number of hydrogen-bond acceptors (Lipinski definition) is 5. The number of amides is 1.